The lowest BCUT2D eigenvalue weighted by molar-refractivity contribution is -0.151. The largest absolute Gasteiger partial charge is 0.465 e. The summed E-state index contributed by atoms with van der Waals surface area (Å²) in [5.74, 6) is 0.602. The number of para-hydroxylation sites is 1. The van der Waals surface area contributed by atoms with Crippen molar-refractivity contribution in [2.45, 2.75) is 155 Å². The van der Waals surface area contributed by atoms with E-state index in [-0.39, 0.29) is 73.2 Å². The molecule has 0 unspecified atom stereocenters. The molecule has 0 atom stereocenters. The van der Waals surface area contributed by atoms with E-state index in [1.165, 1.54) is 6.08 Å². The Bertz CT molecular complexity index is 2440. The van der Waals surface area contributed by atoms with Gasteiger partial charge in [-0.25, -0.2) is 14.8 Å². The maximum absolute atomic E-state index is 14.0. The Morgan fingerprint density at radius 2 is 1.14 bits per heavy atom. The molecule has 0 bridgehead atoms. The first-order valence-corrected chi connectivity index (χ1v) is 29.9. The number of hydrogen-bond donors (Lipinski definition) is 0. The summed E-state index contributed by atoms with van der Waals surface area (Å²) in [6.45, 7) is 10.9. The van der Waals surface area contributed by atoms with E-state index in [1.54, 1.807) is 35.8 Å². The molecule has 4 aliphatic rings. The van der Waals surface area contributed by atoms with Gasteiger partial charge in [-0.05, 0) is 182 Å². The fourth-order valence-electron chi connectivity index (χ4n) is 11.9. The number of rotatable bonds is 29. The topological polar surface area (TPSA) is 186 Å². The van der Waals surface area contributed by atoms with Crippen LogP contribution in [0.5, 0.6) is 11.5 Å². The highest BCUT2D eigenvalue weighted by atomic mass is 32.1. The van der Waals surface area contributed by atoms with Gasteiger partial charge in [-0.2, -0.15) is 5.10 Å². The highest BCUT2D eigenvalue weighted by Crippen LogP contribution is 2.44. The highest BCUT2D eigenvalue weighted by molar-refractivity contribution is 7.22. The average Bonchev–Trinajstić information content (AvgIpc) is 3.93. The molecule has 0 amide bonds. The minimum absolute atomic E-state index is 0.0124. The lowest BCUT2D eigenvalue weighted by Crippen LogP contribution is -2.32. The minimum atomic E-state index is -0.452. The van der Waals surface area contributed by atoms with E-state index in [0.717, 1.165) is 150 Å². The first-order chi connectivity index (χ1) is 38.0. The number of thiazole rings is 1. The van der Waals surface area contributed by atoms with Crippen LogP contribution < -0.4 is 14.5 Å². The molecule has 3 aromatic rings. The number of benzene rings is 2. The number of nitrogens with zero attached hydrogens (tertiary/aromatic N) is 3. The molecule has 424 valence electrons. The van der Waals surface area contributed by atoms with Crippen molar-refractivity contribution in [1.29, 1.82) is 0 Å². The normalized spacial score (nSPS) is 23.4. The van der Waals surface area contributed by atoms with Crippen molar-refractivity contribution in [2.75, 3.05) is 44.6 Å². The van der Waals surface area contributed by atoms with E-state index in [0.29, 0.717) is 79.8 Å². The Morgan fingerprint density at radius 1 is 0.603 bits per heavy atom. The smallest absolute Gasteiger partial charge is 0.330 e. The van der Waals surface area contributed by atoms with Gasteiger partial charge < -0.3 is 28.4 Å². The van der Waals surface area contributed by atoms with Crippen molar-refractivity contribution in [3.63, 3.8) is 0 Å². The van der Waals surface area contributed by atoms with Gasteiger partial charge in [0.2, 0.25) is 5.13 Å². The molecular formula is C62H83N3O12S. The maximum atomic E-state index is 14.0. The molecule has 0 spiro atoms. The van der Waals surface area contributed by atoms with Crippen molar-refractivity contribution < 1.29 is 57.2 Å². The summed E-state index contributed by atoms with van der Waals surface area (Å²) in [5.41, 5.74) is 1.43. The van der Waals surface area contributed by atoms with Crippen LogP contribution in [0, 0.1) is 47.3 Å². The van der Waals surface area contributed by atoms with Crippen molar-refractivity contribution in [2.24, 2.45) is 52.4 Å². The standard InChI is InChI=1S/C62H83N3O12S/c1-4-7-8-11-35-65(62-64-54-15-9-10-16-56(54)78-62)63-41-51-40-53(76-60(70)49-29-21-45(22-30-49)43-17-25-47(26-18-43)58(68)74-38-13-12-37-73-57(67)6-3)33-34-55(51)77-61(71)50-31-23-46(24-32-50)44-19-27-48(28-20-44)59(69)75-39-14-36-72-42-52(66)5-2/h5-6,9-10,15-16,33-34,40-41,43-50H,2-4,7-8,11-14,17-32,35-39,42H2,1H3/b63-41+. The number of anilines is 1. The van der Waals surface area contributed by atoms with Gasteiger partial charge in [-0.1, -0.05) is 62.8 Å². The molecule has 16 heteroatoms. The van der Waals surface area contributed by atoms with Gasteiger partial charge in [-0.15, -0.1) is 0 Å². The molecule has 2 aromatic carbocycles. The van der Waals surface area contributed by atoms with E-state index in [1.807, 2.05) is 23.2 Å². The Hall–Kier alpha value is -5.74. The molecule has 7 rings (SSSR count). The first-order valence-electron chi connectivity index (χ1n) is 29.1. The summed E-state index contributed by atoms with van der Waals surface area (Å²) in [4.78, 5) is 81.0. The minimum Gasteiger partial charge on any atom is -0.465 e. The quantitative estimate of drug-likeness (QED) is 0.0121. The maximum Gasteiger partial charge on any atom is 0.330 e. The van der Waals surface area contributed by atoms with Crippen LogP contribution in [-0.4, -0.2) is 86.4 Å². The fourth-order valence-corrected chi connectivity index (χ4v) is 12.8. The van der Waals surface area contributed by atoms with E-state index in [4.69, 9.17) is 38.5 Å². The third-order valence-corrected chi connectivity index (χ3v) is 17.6. The Morgan fingerprint density at radius 3 is 1.69 bits per heavy atom. The second-order valence-electron chi connectivity index (χ2n) is 21.9. The van der Waals surface area contributed by atoms with Crippen LogP contribution in [0.15, 0.2) is 72.9 Å². The van der Waals surface area contributed by atoms with Crippen LogP contribution >= 0.6 is 11.3 Å². The number of esters is 5. The number of ether oxygens (including phenoxy) is 6. The van der Waals surface area contributed by atoms with E-state index in [2.05, 4.69) is 26.1 Å². The van der Waals surface area contributed by atoms with Crippen LogP contribution in [0.3, 0.4) is 0 Å². The van der Waals surface area contributed by atoms with E-state index >= 15 is 0 Å². The summed E-state index contributed by atoms with van der Waals surface area (Å²) in [6, 6.07) is 13.2. The molecule has 0 aliphatic heterocycles. The Labute approximate surface area is 465 Å². The molecule has 4 aliphatic carbocycles. The van der Waals surface area contributed by atoms with E-state index in [9.17, 15) is 28.8 Å². The number of hydrogen-bond acceptors (Lipinski definition) is 16. The zero-order chi connectivity index (χ0) is 55.1. The van der Waals surface area contributed by atoms with Gasteiger partial charge in [0.25, 0.3) is 0 Å². The molecule has 1 heterocycles. The molecule has 4 fully saturated rings. The number of carbonyl (C=O) groups excluding carboxylic acids is 6. The van der Waals surface area contributed by atoms with Gasteiger partial charge in [0.15, 0.2) is 5.78 Å². The van der Waals surface area contributed by atoms with Gasteiger partial charge in [-0.3, -0.25) is 24.0 Å². The molecule has 1 aromatic heterocycles. The van der Waals surface area contributed by atoms with E-state index < -0.39 is 5.97 Å². The fraction of sp³-hybridized carbons (Fsp3) is 0.613. The van der Waals surface area contributed by atoms with Crippen LogP contribution in [0.1, 0.15) is 160 Å². The number of hydrazone groups is 1. The van der Waals surface area contributed by atoms with Crippen molar-refractivity contribution in [1.82, 2.24) is 4.98 Å². The first kappa shape index (κ1) is 59.9. The number of fused-ring (bicyclic) bond motifs is 1. The summed E-state index contributed by atoms with van der Waals surface area (Å²) in [5, 5.41) is 7.68. The second-order valence-corrected chi connectivity index (χ2v) is 22.9. The van der Waals surface area contributed by atoms with Crippen LogP contribution in [0.25, 0.3) is 10.2 Å². The third-order valence-electron chi connectivity index (χ3n) is 16.6. The molecule has 0 radical (unpaired) electrons. The monoisotopic (exact) mass is 1090 g/mol. The lowest BCUT2D eigenvalue weighted by Gasteiger charge is -2.36. The van der Waals surface area contributed by atoms with Crippen LogP contribution in [-0.2, 0) is 47.7 Å². The van der Waals surface area contributed by atoms with Gasteiger partial charge in [0.1, 0.15) is 18.1 Å². The highest BCUT2D eigenvalue weighted by Gasteiger charge is 2.37. The predicted octanol–water partition coefficient (Wildman–Crippen LogP) is 12.5. The Kier molecular flexibility index (Phi) is 24.4. The number of aromatic nitrogens is 1. The number of carbonyl (C=O) groups is 6. The summed E-state index contributed by atoms with van der Waals surface area (Å²) >= 11 is 1.58. The molecule has 0 N–H and O–H groups in total. The van der Waals surface area contributed by atoms with Gasteiger partial charge in [0.05, 0.1) is 66.5 Å². The van der Waals surface area contributed by atoms with Crippen LogP contribution in [0.4, 0.5) is 5.13 Å². The zero-order valence-corrected chi connectivity index (χ0v) is 46.8. The van der Waals surface area contributed by atoms with Gasteiger partial charge in [0, 0.05) is 24.6 Å². The molecular weight excluding hydrogens is 1010 g/mol. The molecule has 0 saturated heterocycles. The third kappa shape index (κ3) is 18.4. The molecule has 4 saturated carbocycles. The Balaban J connectivity index is 0.920. The second kappa shape index (κ2) is 31.7. The lowest BCUT2D eigenvalue weighted by atomic mass is 9.69. The van der Waals surface area contributed by atoms with Crippen molar-refractivity contribution in [3.8, 4) is 11.5 Å². The molecule has 15 nitrogen and oxygen atoms in total. The zero-order valence-electron chi connectivity index (χ0n) is 46.0. The summed E-state index contributed by atoms with van der Waals surface area (Å²) < 4.78 is 34.8. The van der Waals surface area contributed by atoms with Crippen LogP contribution in [0.2, 0.25) is 0 Å². The van der Waals surface area contributed by atoms with Crippen molar-refractivity contribution >= 4 is 68.5 Å². The SMILES string of the molecule is C=CC(=O)COCCCOC(=O)C1CCC(C2CCC(C(=O)Oc3ccc(OC(=O)C4CCC(C5CCC(C(=O)OCCCCOC(=O)C=C)CC5)CC4)cc3/C=N/N(CCCCCC)c3nc4ccccc4s3)CC2)CC1. The average molecular weight is 1090 g/mol. The van der Waals surface area contributed by atoms with Gasteiger partial charge >= 0.3 is 29.8 Å². The number of ketones is 1. The summed E-state index contributed by atoms with van der Waals surface area (Å²) in [6.07, 6.45) is 23.8. The predicted molar refractivity (Wildman–Crippen MR) is 301 cm³/mol. The number of unbranched alkanes of at least 4 members (excludes halogenated alkanes) is 4. The molecule has 78 heavy (non-hydrogen) atoms. The summed E-state index contributed by atoms with van der Waals surface area (Å²) in [7, 11) is 0. The van der Waals surface area contributed by atoms with Crippen molar-refractivity contribution in [3.05, 3.63) is 73.3 Å².